The highest BCUT2D eigenvalue weighted by molar-refractivity contribution is 7.99. The lowest BCUT2D eigenvalue weighted by Crippen LogP contribution is -2.35. The van der Waals surface area contributed by atoms with Gasteiger partial charge in [-0.25, -0.2) is 0 Å². The molecular formula is C18H21NO2S2. The van der Waals surface area contributed by atoms with Crippen molar-refractivity contribution in [2.75, 3.05) is 25.4 Å². The number of carbonyl (C=O) groups is 1. The largest absolute Gasteiger partial charge is 0.367 e. The fourth-order valence-corrected chi connectivity index (χ4v) is 4.88. The molecule has 3 nitrogen and oxygen atoms in total. The zero-order valence-electron chi connectivity index (χ0n) is 13.0. The van der Waals surface area contributed by atoms with Crippen molar-refractivity contribution in [1.82, 2.24) is 4.90 Å². The van der Waals surface area contributed by atoms with Gasteiger partial charge < -0.3 is 9.64 Å². The summed E-state index contributed by atoms with van der Waals surface area (Å²) in [5.74, 6) is 1.10. The zero-order valence-corrected chi connectivity index (χ0v) is 14.7. The zero-order chi connectivity index (χ0) is 15.9. The van der Waals surface area contributed by atoms with Crippen LogP contribution in [0.4, 0.5) is 0 Å². The Balaban J connectivity index is 1.44. The Morgan fingerprint density at radius 1 is 1.17 bits per heavy atom. The highest BCUT2D eigenvalue weighted by Gasteiger charge is 2.22. The molecule has 1 saturated heterocycles. The first-order valence-corrected chi connectivity index (χ1v) is 9.80. The number of carbonyl (C=O) groups excluding carboxylic acids is 1. The molecule has 3 rings (SSSR count). The van der Waals surface area contributed by atoms with Crippen molar-refractivity contribution >= 4 is 29.0 Å². The van der Waals surface area contributed by atoms with Gasteiger partial charge in [0.2, 0.25) is 5.91 Å². The molecule has 1 fully saturated rings. The lowest BCUT2D eigenvalue weighted by Gasteiger charge is -2.20. The van der Waals surface area contributed by atoms with E-state index in [9.17, 15) is 4.79 Å². The van der Waals surface area contributed by atoms with Crippen LogP contribution in [0.3, 0.4) is 0 Å². The monoisotopic (exact) mass is 347 g/mol. The molecule has 122 valence electrons. The second-order valence-corrected chi connectivity index (χ2v) is 7.81. The van der Waals surface area contributed by atoms with Gasteiger partial charge in [0.05, 0.1) is 6.61 Å². The van der Waals surface area contributed by atoms with E-state index in [1.54, 1.807) is 0 Å². The topological polar surface area (TPSA) is 29.5 Å². The molecule has 0 N–H and O–H groups in total. The van der Waals surface area contributed by atoms with Crippen molar-refractivity contribution in [2.24, 2.45) is 0 Å². The van der Waals surface area contributed by atoms with Gasteiger partial charge in [-0.3, -0.25) is 4.79 Å². The van der Waals surface area contributed by atoms with Gasteiger partial charge in [0, 0.05) is 29.0 Å². The fraction of sp³-hybridized carbons (Fsp3) is 0.389. The summed E-state index contributed by atoms with van der Waals surface area (Å²) in [6, 6.07) is 14.3. The summed E-state index contributed by atoms with van der Waals surface area (Å²) in [5.41, 5.74) is 1.10. The Hall–Kier alpha value is -1.30. The predicted octanol–water partition coefficient (Wildman–Crippen LogP) is 3.97. The molecule has 1 amide bonds. The van der Waals surface area contributed by atoms with Crippen molar-refractivity contribution in [2.45, 2.75) is 18.3 Å². The minimum Gasteiger partial charge on any atom is -0.367 e. The SMILES string of the molecule is O=C(COCc1ccccc1)N1CCS[C@H](c2cccs2)CC1. The third-order valence-corrected chi connectivity index (χ3v) is 6.34. The van der Waals surface area contributed by atoms with Crippen molar-refractivity contribution in [3.8, 4) is 0 Å². The molecule has 1 aliphatic rings. The van der Waals surface area contributed by atoms with E-state index < -0.39 is 0 Å². The van der Waals surface area contributed by atoms with Gasteiger partial charge in [0.25, 0.3) is 0 Å². The van der Waals surface area contributed by atoms with Gasteiger partial charge in [0.1, 0.15) is 6.61 Å². The van der Waals surface area contributed by atoms with Gasteiger partial charge in [-0.15, -0.1) is 11.3 Å². The molecule has 0 saturated carbocycles. The van der Waals surface area contributed by atoms with Crippen molar-refractivity contribution in [1.29, 1.82) is 0 Å². The maximum absolute atomic E-state index is 12.3. The number of thiophene rings is 1. The van der Waals surface area contributed by atoms with Gasteiger partial charge in [-0.2, -0.15) is 11.8 Å². The molecular weight excluding hydrogens is 326 g/mol. The number of nitrogens with zero attached hydrogens (tertiary/aromatic N) is 1. The van der Waals surface area contributed by atoms with Crippen LogP contribution in [-0.4, -0.2) is 36.3 Å². The average molecular weight is 348 g/mol. The number of hydrogen-bond acceptors (Lipinski definition) is 4. The Kier molecular flexibility index (Phi) is 6.13. The second kappa shape index (κ2) is 8.52. The van der Waals surface area contributed by atoms with Gasteiger partial charge in [0.15, 0.2) is 0 Å². The first-order chi connectivity index (χ1) is 11.3. The molecule has 1 aromatic carbocycles. The van der Waals surface area contributed by atoms with Crippen LogP contribution in [0.15, 0.2) is 47.8 Å². The van der Waals surface area contributed by atoms with Crippen LogP contribution in [0.1, 0.15) is 22.1 Å². The van der Waals surface area contributed by atoms with Crippen LogP contribution in [0, 0.1) is 0 Å². The lowest BCUT2D eigenvalue weighted by molar-refractivity contribution is -0.136. The summed E-state index contributed by atoms with van der Waals surface area (Å²) < 4.78 is 5.58. The minimum absolute atomic E-state index is 0.105. The second-order valence-electron chi connectivity index (χ2n) is 5.52. The Bertz CT molecular complexity index is 601. The minimum atomic E-state index is 0.105. The Labute approximate surface area is 145 Å². The maximum Gasteiger partial charge on any atom is 0.248 e. The van der Waals surface area contributed by atoms with E-state index >= 15 is 0 Å². The van der Waals surface area contributed by atoms with E-state index in [0.29, 0.717) is 11.9 Å². The number of benzene rings is 1. The van der Waals surface area contributed by atoms with Crippen LogP contribution in [0.25, 0.3) is 0 Å². The smallest absolute Gasteiger partial charge is 0.248 e. The number of rotatable bonds is 5. The van der Waals surface area contributed by atoms with E-state index in [0.717, 1.165) is 30.8 Å². The summed E-state index contributed by atoms with van der Waals surface area (Å²) in [6.07, 6.45) is 1.02. The van der Waals surface area contributed by atoms with E-state index in [1.165, 1.54) is 4.88 Å². The van der Waals surface area contributed by atoms with Crippen LogP contribution in [0.2, 0.25) is 0 Å². The summed E-state index contributed by atoms with van der Waals surface area (Å²) in [6.45, 7) is 2.30. The van der Waals surface area contributed by atoms with Crippen LogP contribution < -0.4 is 0 Å². The van der Waals surface area contributed by atoms with E-state index in [4.69, 9.17) is 4.74 Å². The molecule has 0 radical (unpaired) electrons. The van der Waals surface area contributed by atoms with Crippen molar-refractivity contribution in [3.63, 3.8) is 0 Å². The first kappa shape index (κ1) is 16.6. The molecule has 0 aliphatic carbocycles. The molecule has 0 bridgehead atoms. The quantitative estimate of drug-likeness (QED) is 0.819. The Morgan fingerprint density at radius 2 is 2.04 bits per heavy atom. The number of ether oxygens (including phenoxy) is 1. The van der Waals surface area contributed by atoms with Crippen LogP contribution in [-0.2, 0) is 16.1 Å². The molecule has 2 aromatic rings. The van der Waals surface area contributed by atoms with Crippen LogP contribution in [0.5, 0.6) is 0 Å². The normalized spacial score (nSPS) is 18.6. The van der Waals surface area contributed by atoms with Gasteiger partial charge in [-0.1, -0.05) is 36.4 Å². The molecule has 1 atom stereocenters. The average Bonchev–Trinajstić information content (AvgIpc) is 3.00. The molecule has 2 heterocycles. The van der Waals surface area contributed by atoms with Gasteiger partial charge >= 0.3 is 0 Å². The third-order valence-electron chi connectivity index (χ3n) is 3.89. The van der Waals surface area contributed by atoms with E-state index in [1.807, 2.05) is 58.3 Å². The molecule has 0 unspecified atom stereocenters. The van der Waals surface area contributed by atoms with Crippen LogP contribution >= 0.6 is 23.1 Å². The fourth-order valence-electron chi connectivity index (χ4n) is 2.64. The first-order valence-electron chi connectivity index (χ1n) is 7.87. The summed E-state index contributed by atoms with van der Waals surface area (Å²) >= 11 is 3.77. The molecule has 1 aromatic heterocycles. The molecule has 5 heteroatoms. The third kappa shape index (κ3) is 4.83. The van der Waals surface area contributed by atoms with Gasteiger partial charge in [-0.05, 0) is 23.4 Å². The summed E-state index contributed by atoms with van der Waals surface area (Å²) in [7, 11) is 0. The lowest BCUT2D eigenvalue weighted by atomic mass is 10.2. The standard InChI is InChI=1S/C18H21NO2S2/c20-18(14-21-13-15-5-2-1-3-6-15)19-9-8-17(23-12-10-19)16-7-4-11-22-16/h1-7,11,17H,8-10,12-14H2/t17-/m0/s1. The molecule has 1 aliphatic heterocycles. The van der Waals surface area contributed by atoms with Crippen molar-refractivity contribution < 1.29 is 9.53 Å². The highest BCUT2D eigenvalue weighted by Crippen LogP contribution is 2.36. The van der Waals surface area contributed by atoms with E-state index in [-0.39, 0.29) is 12.5 Å². The predicted molar refractivity (Wildman–Crippen MR) is 96.8 cm³/mol. The number of thioether (sulfide) groups is 1. The van der Waals surface area contributed by atoms with Crippen molar-refractivity contribution in [3.05, 3.63) is 58.3 Å². The summed E-state index contributed by atoms with van der Waals surface area (Å²) in [5, 5.41) is 2.65. The molecule has 0 spiro atoms. The summed E-state index contributed by atoms with van der Waals surface area (Å²) in [4.78, 5) is 15.7. The highest BCUT2D eigenvalue weighted by atomic mass is 32.2. The van der Waals surface area contributed by atoms with E-state index in [2.05, 4.69) is 17.5 Å². The number of hydrogen-bond donors (Lipinski definition) is 0. The Morgan fingerprint density at radius 3 is 2.83 bits per heavy atom. The maximum atomic E-state index is 12.3. The number of amides is 1. The molecule has 23 heavy (non-hydrogen) atoms.